The normalized spacial score (nSPS) is 11.1. The SMILES string of the molecule is CC(C)n1nccc1-c1cc(N)no1. The van der Waals surface area contributed by atoms with E-state index in [1.807, 2.05) is 10.7 Å². The van der Waals surface area contributed by atoms with Crippen LogP contribution in [0, 0.1) is 0 Å². The molecule has 0 aliphatic carbocycles. The Morgan fingerprint density at radius 2 is 2.29 bits per heavy atom. The van der Waals surface area contributed by atoms with Crippen molar-refractivity contribution in [3.63, 3.8) is 0 Å². The standard InChI is InChI=1S/C9H12N4O/c1-6(2)13-7(3-4-11-13)8-5-9(10)12-14-8/h3-6H,1-2H3,(H2,10,12). The van der Waals surface area contributed by atoms with Crippen LogP contribution < -0.4 is 5.73 Å². The van der Waals surface area contributed by atoms with E-state index in [-0.39, 0.29) is 6.04 Å². The molecule has 2 rings (SSSR count). The molecular weight excluding hydrogens is 180 g/mol. The average molecular weight is 192 g/mol. The van der Waals surface area contributed by atoms with E-state index in [4.69, 9.17) is 10.3 Å². The van der Waals surface area contributed by atoms with Gasteiger partial charge >= 0.3 is 0 Å². The summed E-state index contributed by atoms with van der Waals surface area (Å²) < 4.78 is 6.92. The summed E-state index contributed by atoms with van der Waals surface area (Å²) in [6, 6.07) is 3.85. The lowest BCUT2D eigenvalue weighted by Gasteiger charge is -2.07. The largest absolute Gasteiger partial charge is 0.381 e. The Labute approximate surface area is 81.5 Å². The van der Waals surface area contributed by atoms with E-state index in [0.29, 0.717) is 11.6 Å². The number of nitrogens with zero attached hydrogens (tertiary/aromatic N) is 3. The third-order valence-corrected chi connectivity index (χ3v) is 1.94. The Bertz CT molecular complexity index is 429. The Morgan fingerprint density at radius 1 is 1.50 bits per heavy atom. The number of hydrogen-bond acceptors (Lipinski definition) is 4. The fraction of sp³-hybridized carbons (Fsp3) is 0.333. The van der Waals surface area contributed by atoms with E-state index in [2.05, 4.69) is 24.1 Å². The molecule has 0 aliphatic rings. The topological polar surface area (TPSA) is 69.9 Å². The average Bonchev–Trinajstić information content (AvgIpc) is 2.70. The van der Waals surface area contributed by atoms with Crippen molar-refractivity contribution in [2.24, 2.45) is 0 Å². The van der Waals surface area contributed by atoms with Gasteiger partial charge < -0.3 is 10.3 Å². The second-order valence-corrected chi connectivity index (χ2v) is 3.37. The molecular formula is C9H12N4O. The zero-order valence-corrected chi connectivity index (χ0v) is 8.14. The minimum absolute atomic E-state index is 0.284. The summed E-state index contributed by atoms with van der Waals surface area (Å²) in [4.78, 5) is 0. The fourth-order valence-corrected chi connectivity index (χ4v) is 1.33. The highest BCUT2D eigenvalue weighted by molar-refractivity contribution is 5.55. The third-order valence-electron chi connectivity index (χ3n) is 1.94. The van der Waals surface area contributed by atoms with Crippen molar-refractivity contribution in [3.05, 3.63) is 18.3 Å². The Hall–Kier alpha value is -1.78. The molecule has 2 aromatic heterocycles. The molecule has 0 atom stereocenters. The van der Waals surface area contributed by atoms with Gasteiger partial charge in [0.25, 0.3) is 0 Å². The van der Waals surface area contributed by atoms with E-state index in [1.54, 1.807) is 12.3 Å². The molecule has 74 valence electrons. The molecule has 0 unspecified atom stereocenters. The summed E-state index contributed by atoms with van der Waals surface area (Å²) in [5, 5.41) is 7.82. The van der Waals surface area contributed by atoms with Gasteiger partial charge in [0.15, 0.2) is 11.6 Å². The third kappa shape index (κ3) is 1.37. The highest BCUT2D eigenvalue weighted by Crippen LogP contribution is 2.23. The predicted molar refractivity (Wildman–Crippen MR) is 52.5 cm³/mol. The van der Waals surface area contributed by atoms with Crippen LogP contribution in [0.2, 0.25) is 0 Å². The lowest BCUT2D eigenvalue weighted by Crippen LogP contribution is -2.03. The van der Waals surface area contributed by atoms with Gasteiger partial charge in [0, 0.05) is 18.3 Å². The first-order chi connectivity index (χ1) is 6.68. The van der Waals surface area contributed by atoms with Crippen LogP contribution >= 0.6 is 0 Å². The van der Waals surface area contributed by atoms with Crippen LogP contribution in [-0.2, 0) is 0 Å². The monoisotopic (exact) mass is 192 g/mol. The zero-order valence-electron chi connectivity index (χ0n) is 8.14. The number of nitrogens with two attached hydrogens (primary N) is 1. The number of aromatic nitrogens is 3. The quantitative estimate of drug-likeness (QED) is 0.786. The number of anilines is 1. The van der Waals surface area contributed by atoms with Gasteiger partial charge in [0.2, 0.25) is 0 Å². The van der Waals surface area contributed by atoms with Crippen molar-refractivity contribution in [1.29, 1.82) is 0 Å². The zero-order chi connectivity index (χ0) is 10.1. The molecule has 0 amide bonds. The van der Waals surface area contributed by atoms with Gasteiger partial charge in [-0.15, -0.1) is 0 Å². The van der Waals surface area contributed by atoms with Crippen molar-refractivity contribution in [1.82, 2.24) is 14.9 Å². The molecule has 2 heterocycles. The van der Waals surface area contributed by atoms with Crippen molar-refractivity contribution >= 4 is 5.82 Å². The Morgan fingerprint density at radius 3 is 2.86 bits per heavy atom. The molecule has 5 nitrogen and oxygen atoms in total. The van der Waals surface area contributed by atoms with Crippen LogP contribution in [0.15, 0.2) is 22.9 Å². The van der Waals surface area contributed by atoms with Crippen molar-refractivity contribution < 1.29 is 4.52 Å². The van der Waals surface area contributed by atoms with Gasteiger partial charge in [-0.2, -0.15) is 5.10 Å². The lowest BCUT2D eigenvalue weighted by molar-refractivity contribution is 0.427. The summed E-state index contributed by atoms with van der Waals surface area (Å²) in [5.74, 6) is 1.03. The molecule has 0 fully saturated rings. The smallest absolute Gasteiger partial charge is 0.187 e. The van der Waals surface area contributed by atoms with Crippen LogP contribution in [0.1, 0.15) is 19.9 Å². The number of hydrogen-bond donors (Lipinski definition) is 1. The molecule has 0 spiro atoms. The maximum Gasteiger partial charge on any atom is 0.187 e. The van der Waals surface area contributed by atoms with Crippen LogP contribution in [0.5, 0.6) is 0 Å². The summed E-state index contributed by atoms with van der Waals surface area (Å²) in [5.41, 5.74) is 6.37. The van der Waals surface area contributed by atoms with E-state index < -0.39 is 0 Å². The Kier molecular flexibility index (Phi) is 1.99. The first-order valence-electron chi connectivity index (χ1n) is 4.44. The van der Waals surface area contributed by atoms with Crippen molar-refractivity contribution in [2.45, 2.75) is 19.9 Å². The molecule has 5 heteroatoms. The van der Waals surface area contributed by atoms with Gasteiger partial charge in [-0.05, 0) is 19.9 Å². The summed E-state index contributed by atoms with van der Waals surface area (Å²) in [6.07, 6.45) is 1.73. The van der Waals surface area contributed by atoms with Gasteiger partial charge in [-0.25, -0.2) is 0 Å². The van der Waals surface area contributed by atoms with E-state index in [1.165, 1.54) is 0 Å². The molecule has 0 radical (unpaired) electrons. The Balaban J connectivity index is 2.46. The van der Waals surface area contributed by atoms with Gasteiger partial charge in [0.1, 0.15) is 5.69 Å². The van der Waals surface area contributed by atoms with Crippen LogP contribution in [0.25, 0.3) is 11.5 Å². The van der Waals surface area contributed by atoms with Crippen LogP contribution in [-0.4, -0.2) is 14.9 Å². The van der Waals surface area contributed by atoms with Gasteiger partial charge in [-0.1, -0.05) is 5.16 Å². The maximum atomic E-state index is 5.48. The molecule has 2 aromatic rings. The number of rotatable bonds is 2. The van der Waals surface area contributed by atoms with Gasteiger partial charge in [-0.3, -0.25) is 4.68 Å². The summed E-state index contributed by atoms with van der Waals surface area (Å²) in [6.45, 7) is 4.10. The predicted octanol–water partition coefficient (Wildman–Crippen LogP) is 1.70. The van der Waals surface area contributed by atoms with E-state index in [0.717, 1.165) is 5.69 Å². The second-order valence-electron chi connectivity index (χ2n) is 3.37. The van der Waals surface area contributed by atoms with Crippen LogP contribution in [0.3, 0.4) is 0 Å². The number of nitrogen functional groups attached to an aromatic ring is 1. The van der Waals surface area contributed by atoms with E-state index >= 15 is 0 Å². The second kappa shape index (κ2) is 3.17. The molecule has 0 saturated carbocycles. The van der Waals surface area contributed by atoms with Crippen LogP contribution in [0.4, 0.5) is 5.82 Å². The maximum absolute atomic E-state index is 5.48. The molecule has 0 saturated heterocycles. The molecule has 2 N–H and O–H groups in total. The fourth-order valence-electron chi connectivity index (χ4n) is 1.33. The van der Waals surface area contributed by atoms with E-state index in [9.17, 15) is 0 Å². The molecule has 0 aliphatic heterocycles. The lowest BCUT2D eigenvalue weighted by atomic mass is 10.3. The minimum atomic E-state index is 0.284. The highest BCUT2D eigenvalue weighted by atomic mass is 16.5. The van der Waals surface area contributed by atoms with Crippen molar-refractivity contribution in [3.8, 4) is 11.5 Å². The van der Waals surface area contributed by atoms with Gasteiger partial charge in [0.05, 0.1) is 0 Å². The minimum Gasteiger partial charge on any atom is -0.381 e. The molecule has 0 aromatic carbocycles. The van der Waals surface area contributed by atoms with Crippen molar-refractivity contribution in [2.75, 3.05) is 5.73 Å². The first-order valence-corrected chi connectivity index (χ1v) is 4.44. The highest BCUT2D eigenvalue weighted by Gasteiger charge is 2.12. The molecule has 0 bridgehead atoms. The molecule has 14 heavy (non-hydrogen) atoms. The first kappa shape index (κ1) is 8.80. The summed E-state index contributed by atoms with van der Waals surface area (Å²) >= 11 is 0. The summed E-state index contributed by atoms with van der Waals surface area (Å²) in [7, 11) is 0.